The van der Waals surface area contributed by atoms with Crippen molar-refractivity contribution in [1.29, 1.82) is 0 Å². The molecule has 2 amide bonds. The predicted molar refractivity (Wildman–Crippen MR) is 77.2 cm³/mol. The highest BCUT2D eigenvalue weighted by atomic mass is 19.1. The van der Waals surface area contributed by atoms with Gasteiger partial charge in [-0.25, -0.2) is 14.0 Å². The molecule has 0 saturated heterocycles. The first kappa shape index (κ1) is 14.5. The summed E-state index contributed by atoms with van der Waals surface area (Å²) in [4.78, 5) is 22.6. The van der Waals surface area contributed by atoms with Crippen LogP contribution in [0.1, 0.15) is 15.9 Å². The van der Waals surface area contributed by atoms with Crippen molar-refractivity contribution in [3.63, 3.8) is 0 Å². The molecule has 2 aromatic rings. The lowest BCUT2D eigenvalue weighted by Crippen LogP contribution is -2.20. The summed E-state index contributed by atoms with van der Waals surface area (Å²) in [5.74, 6) is -1.91. The molecule has 0 aromatic heterocycles. The number of benzene rings is 2. The van der Waals surface area contributed by atoms with Gasteiger partial charge in [0.25, 0.3) is 0 Å². The molecule has 2 rings (SSSR count). The number of carboxylic acid groups (broad SMARTS) is 1. The largest absolute Gasteiger partial charge is 0.478 e. The Kier molecular flexibility index (Phi) is 4.18. The van der Waals surface area contributed by atoms with E-state index >= 15 is 0 Å². The number of aryl methyl sites for hydroxylation is 1. The Morgan fingerprint density at radius 1 is 1.05 bits per heavy atom. The summed E-state index contributed by atoms with van der Waals surface area (Å²) < 4.78 is 13.5. The molecule has 0 aliphatic rings. The van der Waals surface area contributed by atoms with Gasteiger partial charge in [-0.05, 0) is 37.3 Å². The molecule has 0 bridgehead atoms. The molecule has 0 fully saturated rings. The number of amides is 2. The molecule has 5 nitrogen and oxygen atoms in total. The minimum atomic E-state index is -1.20. The lowest BCUT2D eigenvalue weighted by Gasteiger charge is -2.09. The summed E-state index contributed by atoms with van der Waals surface area (Å²) in [6.07, 6.45) is 0. The van der Waals surface area contributed by atoms with Crippen LogP contribution in [0.5, 0.6) is 0 Å². The van der Waals surface area contributed by atoms with Crippen molar-refractivity contribution in [2.45, 2.75) is 6.92 Å². The minimum Gasteiger partial charge on any atom is -0.478 e. The van der Waals surface area contributed by atoms with E-state index in [2.05, 4.69) is 10.6 Å². The summed E-state index contributed by atoms with van der Waals surface area (Å²) in [5.41, 5.74) is 1.29. The van der Waals surface area contributed by atoms with Gasteiger partial charge in [-0.3, -0.25) is 0 Å². The predicted octanol–water partition coefficient (Wildman–Crippen LogP) is 3.48. The van der Waals surface area contributed by atoms with E-state index in [0.29, 0.717) is 5.69 Å². The van der Waals surface area contributed by atoms with Crippen molar-refractivity contribution in [3.8, 4) is 0 Å². The van der Waals surface area contributed by atoms with E-state index in [0.717, 1.165) is 23.8 Å². The molecule has 0 spiro atoms. The Morgan fingerprint density at radius 2 is 1.71 bits per heavy atom. The Balaban J connectivity index is 2.10. The van der Waals surface area contributed by atoms with Crippen molar-refractivity contribution < 1.29 is 19.1 Å². The number of halogens is 1. The molecule has 0 radical (unpaired) electrons. The van der Waals surface area contributed by atoms with Crippen LogP contribution >= 0.6 is 0 Å². The standard InChI is InChI=1S/C15H13FN2O3/c1-9-2-5-11(6-3-9)17-15(21)18-13-8-10(14(19)20)4-7-12(13)16/h2-8H,1H3,(H,19,20)(H2,17,18,21). The zero-order chi connectivity index (χ0) is 15.4. The first-order valence-electron chi connectivity index (χ1n) is 6.13. The molecular weight excluding hydrogens is 275 g/mol. The SMILES string of the molecule is Cc1ccc(NC(=O)Nc2cc(C(=O)O)ccc2F)cc1. The maximum Gasteiger partial charge on any atom is 0.335 e. The Labute approximate surface area is 120 Å². The lowest BCUT2D eigenvalue weighted by molar-refractivity contribution is 0.0697. The number of hydrogen-bond donors (Lipinski definition) is 3. The van der Waals surface area contributed by atoms with Gasteiger partial charge in [0.15, 0.2) is 0 Å². The van der Waals surface area contributed by atoms with Crippen LogP contribution in [0.15, 0.2) is 42.5 Å². The second-order valence-electron chi connectivity index (χ2n) is 4.44. The monoisotopic (exact) mass is 288 g/mol. The fraction of sp³-hybridized carbons (Fsp3) is 0.0667. The zero-order valence-electron chi connectivity index (χ0n) is 11.2. The van der Waals surface area contributed by atoms with E-state index in [1.165, 1.54) is 0 Å². The van der Waals surface area contributed by atoms with Crippen molar-refractivity contribution >= 4 is 23.4 Å². The van der Waals surface area contributed by atoms with Crippen LogP contribution < -0.4 is 10.6 Å². The molecule has 0 heterocycles. The van der Waals surface area contributed by atoms with E-state index in [1.54, 1.807) is 12.1 Å². The Morgan fingerprint density at radius 3 is 2.33 bits per heavy atom. The molecule has 2 aromatic carbocycles. The summed E-state index contributed by atoms with van der Waals surface area (Å²) in [6.45, 7) is 1.91. The van der Waals surface area contributed by atoms with Gasteiger partial charge < -0.3 is 15.7 Å². The van der Waals surface area contributed by atoms with Crippen LogP contribution in [-0.2, 0) is 0 Å². The topological polar surface area (TPSA) is 78.4 Å². The molecule has 6 heteroatoms. The van der Waals surface area contributed by atoms with Crippen LogP contribution in [0.3, 0.4) is 0 Å². The van der Waals surface area contributed by atoms with Gasteiger partial charge in [0.2, 0.25) is 0 Å². The molecule has 0 unspecified atom stereocenters. The summed E-state index contributed by atoms with van der Waals surface area (Å²) in [6, 6.07) is 9.58. The van der Waals surface area contributed by atoms with Gasteiger partial charge in [-0.1, -0.05) is 17.7 Å². The van der Waals surface area contributed by atoms with Gasteiger partial charge in [0.1, 0.15) is 5.82 Å². The molecule has 108 valence electrons. The Bertz CT molecular complexity index is 684. The van der Waals surface area contributed by atoms with Crippen molar-refractivity contribution in [3.05, 3.63) is 59.4 Å². The fourth-order valence-electron chi connectivity index (χ4n) is 1.68. The molecule has 3 N–H and O–H groups in total. The van der Waals surface area contributed by atoms with Crippen LogP contribution in [0.2, 0.25) is 0 Å². The fourth-order valence-corrected chi connectivity index (χ4v) is 1.68. The van der Waals surface area contributed by atoms with E-state index < -0.39 is 17.8 Å². The first-order chi connectivity index (χ1) is 9.95. The number of hydrogen-bond acceptors (Lipinski definition) is 2. The molecule has 21 heavy (non-hydrogen) atoms. The number of carboxylic acids is 1. The smallest absolute Gasteiger partial charge is 0.335 e. The lowest BCUT2D eigenvalue weighted by atomic mass is 10.2. The molecule has 0 aliphatic carbocycles. The average Bonchev–Trinajstić information content (AvgIpc) is 2.43. The highest BCUT2D eigenvalue weighted by Gasteiger charge is 2.11. The molecule has 0 aliphatic heterocycles. The number of anilines is 2. The van der Waals surface area contributed by atoms with E-state index in [4.69, 9.17) is 5.11 Å². The summed E-state index contributed by atoms with van der Waals surface area (Å²) >= 11 is 0. The quantitative estimate of drug-likeness (QED) is 0.809. The zero-order valence-corrected chi connectivity index (χ0v) is 11.2. The average molecular weight is 288 g/mol. The van der Waals surface area contributed by atoms with Gasteiger partial charge in [-0.15, -0.1) is 0 Å². The van der Waals surface area contributed by atoms with Crippen molar-refractivity contribution in [2.75, 3.05) is 10.6 Å². The molecular formula is C15H13FN2O3. The maximum absolute atomic E-state index is 13.5. The highest BCUT2D eigenvalue weighted by molar-refractivity contribution is 6.00. The third kappa shape index (κ3) is 3.79. The summed E-state index contributed by atoms with van der Waals surface area (Å²) in [7, 11) is 0. The van der Waals surface area contributed by atoms with Crippen LogP contribution in [0, 0.1) is 12.7 Å². The third-order valence-corrected chi connectivity index (χ3v) is 2.77. The van der Waals surface area contributed by atoms with Gasteiger partial charge in [-0.2, -0.15) is 0 Å². The number of aromatic carboxylic acids is 1. The van der Waals surface area contributed by atoms with Gasteiger partial charge in [0, 0.05) is 5.69 Å². The van der Waals surface area contributed by atoms with Gasteiger partial charge >= 0.3 is 12.0 Å². The maximum atomic E-state index is 13.5. The van der Waals surface area contributed by atoms with E-state index in [1.807, 2.05) is 19.1 Å². The first-order valence-corrected chi connectivity index (χ1v) is 6.13. The normalized spacial score (nSPS) is 10.0. The van der Waals surface area contributed by atoms with Crippen LogP contribution in [0.25, 0.3) is 0 Å². The molecule has 0 atom stereocenters. The number of nitrogens with one attached hydrogen (secondary N) is 2. The van der Waals surface area contributed by atoms with Crippen LogP contribution in [0.4, 0.5) is 20.6 Å². The second-order valence-corrected chi connectivity index (χ2v) is 4.44. The number of carbonyl (C=O) groups is 2. The Hall–Kier alpha value is -2.89. The number of urea groups is 1. The second kappa shape index (κ2) is 6.04. The third-order valence-electron chi connectivity index (χ3n) is 2.77. The number of rotatable bonds is 3. The van der Waals surface area contributed by atoms with Gasteiger partial charge in [0.05, 0.1) is 11.3 Å². The minimum absolute atomic E-state index is 0.109. The van der Waals surface area contributed by atoms with E-state index in [-0.39, 0.29) is 11.3 Å². The number of carbonyl (C=O) groups excluding carboxylic acids is 1. The summed E-state index contributed by atoms with van der Waals surface area (Å²) in [5, 5.41) is 13.7. The highest BCUT2D eigenvalue weighted by Crippen LogP contribution is 2.17. The molecule has 0 saturated carbocycles. The van der Waals surface area contributed by atoms with Crippen molar-refractivity contribution in [2.24, 2.45) is 0 Å². The van der Waals surface area contributed by atoms with Crippen LogP contribution in [-0.4, -0.2) is 17.1 Å². The van der Waals surface area contributed by atoms with Crippen molar-refractivity contribution in [1.82, 2.24) is 0 Å². The van der Waals surface area contributed by atoms with E-state index in [9.17, 15) is 14.0 Å².